The van der Waals surface area contributed by atoms with E-state index in [9.17, 15) is 4.39 Å². The summed E-state index contributed by atoms with van der Waals surface area (Å²) < 4.78 is 19.4. The van der Waals surface area contributed by atoms with Crippen LogP contribution in [0.3, 0.4) is 0 Å². The van der Waals surface area contributed by atoms with Crippen LogP contribution in [-0.2, 0) is 4.74 Å². The lowest BCUT2D eigenvalue weighted by atomic mass is 10.2. The highest BCUT2D eigenvalue weighted by Gasteiger charge is 2.09. The molecule has 0 aliphatic rings. The smallest absolute Gasteiger partial charge is 0.183 e. The van der Waals surface area contributed by atoms with Crippen molar-refractivity contribution in [2.75, 3.05) is 25.6 Å². The largest absolute Gasteiger partial charge is 0.383 e. The number of anilines is 1. The summed E-state index contributed by atoms with van der Waals surface area (Å²) in [5.74, 6) is -0.280. The summed E-state index contributed by atoms with van der Waals surface area (Å²) in [6.07, 6.45) is 0. The number of aromatic nitrogens is 1. The molecule has 0 bridgehead atoms. The average Bonchev–Trinajstić information content (AvgIpc) is 2.78. The Hall–Kier alpha value is -0.980. The predicted octanol–water partition coefficient (Wildman–Crippen LogP) is 3.77. The Morgan fingerprint density at radius 2 is 2.33 bits per heavy atom. The van der Waals surface area contributed by atoms with Gasteiger partial charge in [-0.25, -0.2) is 9.37 Å². The number of hydrogen-bond acceptors (Lipinski definition) is 4. The molecule has 2 rings (SSSR count). The van der Waals surface area contributed by atoms with Crippen molar-refractivity contribution in [1.82, 2.24) is 4.98 Å². The second-order valence-electron chi connectivity index (χ2n) is 3.58. The first kappa shape index (κ1) is 13.5. The highest BCUT2D eigenvalue weighted by atomic mass is 79.9. The van der Waals surface area contributed by atoms with Crippen LogP contribution < -0.4 is 5.32 Å². The Bertz CT molecular complexity index is 533. The van der Waals surface area contributed by atoms with Crippen molar-refractivity contribution in [3.8, 4) is 11.3 Å². The lowest BCUT2D eigenvalue weighted by Crippen LogP contribution is -2.07. The summed E-state index contributed by atoms with van der Waals surface area (Å²) >= 11 is 4.68. The number of hydrogen-bond donors (Lipinski definition) is 1. The molecule has 0 aliphatic heterocycles. The van der Waals surface area contributed by atoms with Crippen LogP contribution in [0.4, 0.5) is 9.52 Å². The van der Waals surface area contributed by atoms with Gasteiger partial charge in [0.15, 0.2) is 5.13 Å². The number of thiazole rings is 1. The van der Waals surface area contributed by atoms with Crippen LogP contribution >= 0.6 is 27.3 Å². The molecule has 1 heterocycles. The maximum absolute atomic E-state index is 13.7. The van der Waals surface area contributed by atoms with Crippen LogP contribution in [0.1, 0.15) is 0 Å². The molecule has 3 nitrogen and oxygen atoms in total. The van der Waals surface area contributed by atoms with Crippen molar-refractivity contribution in [3.05, 3.63) is 33.9 Å². The molecule has 1 aromatic heterocycles. The van der Waals surface area contributed by atoms with Gasteiger partial charge < -0.3 is 10.1 Å². The first-order valence-electron chi connectivity index (χ1n) is 5.34. The highest BCUT2D eigenvalue weighted by Crippen LogP contribution is 2.28. The van der Waals surface area contributed by atoms with Gasteiger partial charge in [-0.05, 0) is 18.2 Å². The van der Waals surface area contributed by atoms with Crippen molar-refractivity contribution in [1.29, 1.82) is 0 Å². The second kappa shape index (κ2) is 6.26. The first-order valence-corrected chi connectivity index (χ1v) is 7.01. The number of rotatable bonds is 5. The minimum Gasteiger partial charge on any atom is -0.383 e. The summed E-state index contributed by atoms with van der Waals surface area (Å²) in [5.41, 5.74) is 1.15. The van der Waals surface area contributed by atoms with Crippen molar-refractivity contribution < 1.29 is 9.13 Å². The zero-order valence-electron chi connectivity index (χ0n) is 9.74. The molecule has 96 valence electrons. The molecule has 0 unspecified atom stereocenters. The Labute approximate surface area is 117 Å². The van der Waals surface area contributed by atoms with Gasteiger partial charge in [0.25, 0.3) is 0 Å². The lowest BCUT2D eigenvalue weighted by molar-refractivity contribution is 0.211. The Morgan fingerprint density at radius 1 is 1.50 bits per heavy atom. The second-order valence-corrected chi connectivity index (χ2v) is 5.36. The van der Waals surface area contributed by atoms with Gasteiger partial charge in [-0.1, -0.05) is 15.9 Å². The van der Waals surface area contributed by atoms with E-state index in [1.54, 1.807) is 19.2 Å². The van der Waals surface area contributed by atoms with E-state index in [2.05, 4.69) is 26.2 Å². The zero-order valence-corrected chi connectivity index (χ0v) is 12.1. The molecule has 0 amide bonds. The number of methoxy groups -OCH3 is 1. The maximum atomic E-state index is 13.7. The minimum atomic E-state index is -0.280. The van der Waals surface area contributed by atoms with Crippen molar-refractivity contribution in [2.24, 2.45) is 0 Å². The minimum absolute atomic E-state index is 0.280. The van der Waals surface area contributed by atoms with Gasteiger partial charge in [0.1, 0.15) is 5.82 Å². The van der Waals surface area contributed by atoms with Gasteiger partial charge >= 0.3 is 0 Å². The van der Waals surface area contributed by atoms with Crippen molar-refractivity contribution >= 4 is 32.4 Å². The van der Waals surface area contributed by atoms with Crippen molar-refractivity contribution in [3.63, 3.8) is 0 Å². The number of benzene rings is 1. The fourth-order valence-electron chi connectivity index (χ4n) is 1.44. The van der Waals surface area contributed by atoms with Gasteiger partial charge in [0, 0.05) is 29.1 Å². The van der Waals surface area contributed by atoms with E-state index in [1.165, 1.54) is 17.4 Å². The SMILES string of the molecule is COCCNc1nc(-c2ccc(Br)cc2F)cs1. The molecule has 2 aromatic rings. The van der Waals surface area contributed by atoms with Gasteiger partial charge in [0.05, 0.1) is 12.3 Å². The fourth-order valence-corrected chi connectivity index (χ4v) is 2.51. The molecule has 6 heteroatoms. The zero-order chi connectivity index (χ0) is 13.0. The monoisotopic (exact) mass is 330 g/mol. The van der Waals surface area contributed by atoms with E-state index in [-0.39, 0.29) is 5.82 Å². The Balaban J connectivity index is 2.13. The van der Waals surface area contributed by atoms with Crippen LogP contribution in [0.25, 0.3) is 11.3 Å². The van der Waals surface area contributed by atoms with Gasteiger partial charge in [-0.2, -0.15) is 0 Å². The molecular weight excluding hydrogens is 319 g/mol. The fraction of sp³-hybridized carbons (Fsp3) is 0.250. The summed E-state index contributed by atoms with van der Waals surface area (Å²) in [6.45, 7) is 1.30. The molecule has 0 radical (unpaired) electrons. The van der Waals surface area contributed by atoms with E-state index in [0.29, 0.717) is 24.4 Å². The van der Waals surface area contributed by atoms with E-state index < -0.39 is 0 Å². The standard InChI is InChI=1S/C12H12BrFN2OS/c1-17-5-4-15-12-16-11(7-18-12)9-3-2-8(13)6-10(9)14/h2-3,6-7H,4-5H2,1H3,(H,15,16). The number of nitrogens with one attached hydrogen (secondary N) is 1. The van der Waals surface area contributed by atoms with Gasteiger partial charge in [0.2, 0.25) is 0 Å². The predicted molar refractivity (Wildman–Crippen MR) is 75.6 cm³/mol. The van der Waals surface area contributed by atoms with Crippen LogP contribution in [0.5, 0.6) is 0 Å². The third-order valence-electron chi connectivity index (χ3n) is 2.29. The third kappa shape index (κ3) is 3.28. The van der Waals surface area contributed by atoms with Crippen LogP contribution in [-0.4, -0.2) is 25.2 Å². The van der Waals surface area contributed by atoms with Crippen LogP contribution in [0.15, 0.2) is 28.1 Å². The molecular formula is C12H12BrFN2OS. The molecule has 1 aromatic carbocycles. The molecule has 0 fully saturated rings. The highest BCUT2D eigenvalue weighted by molar-refractivity contribution is 9.10. The maximum Gasteiger partial charge on any atom is 0.183 e. The van der Waals surface area contributed by atoms with E-state index in [4.69, 9.17) is 4.74 Å². The quantitative estimate of drug-likeness (QED) is 0.847. The van der Waals surface area contributed by atoms with Crippen LogP contribution in [0.2, 0.25) is 0 Å². The molecule has 0 atom stereocenters. The van der Waals surface area contributed by atoms with E-state index >= 15 is 0 Å². The lowest BCUT2D eigenvalue weighted by Gasteiger charge is -2.01. The molecule has 0 spiro atoms. The summed E-state index contributed by atoms with van der Waals surface area (Å²) in [5, 5.41) is 5.72. The topological polar surface area (TPSA) is 34.1 Å². The Kier molecular flexibility index (Phi) is 4.68. The van der Waals surface area contributed by atoms with Gasteiger partial charge in [-0.15, -0.1) is 11.3 Å². The molecule has 0 aliphatic carbocycles. The molecule has 18 heavy (non-hydrogen) atoms. The number of ether oxygens (including phenoxy) is 1. The third-order valence-corrected chi connectivity index (χ3v) is 3.59. The van der Waals surface area contributed by atoms with Gasteiger partial charge in [-0.3, -0.25) is 0 Å². The molecule has 1 N–H and O–H groups in total. The average molecular weight is 331 g/mol. The van der Waals surface area contributed by atoms with Crippen molar-refractivity contribution in [2.45, 2.75) is 0 Å². The number of halogens is 2. The normalized spacial score (nSPS) is 10.6. The molecule has 0 saturated heterocycles. The van der Waals surface area contributed by atoms with E-state index in [1.807, 2.05) is 5.38 Å². The Morgan fingerprint density at radius 3 is 3.06 bits per heavy atom. The van der Waals surface area contributed by atoms with Crippen LogP contribution in [0, 0.1) is 5.82 Å². The first-order chi connectivity index (χ1) is 8.70. The molecule has 0 saturated carbocycles. The summed E-state index contributed by atoms with van der Waals surface area (Å²) in [7, 11) is 1.65. The van der Waals surface area contributed by atoms with E-state index in [0.717, 1.165) is 9.60 Å². The number of nitrogens with zero attached hydrogens (tertiary/aromatic N) is 1. The summed E-state index contributed by atoms with van der Waals surface area (Å²) in [4.78, 5) is 4.34. The summed E-state index contributed by atoms with van der Waals surface area (Å²) in [6, 6.07) is 4.95.